The van der Waals surface area contributed by atoms with Gasteiger partial charge in [-0.25, -0.2) is 0 Å². The van der Waals surface area contributed by atoms with Gasteiger partial charge in [-0.05, 0) is 37.6 Å². The molecule has 0 radical (unpaired) electrons. The molecular formula is C26H29N3O2. The number of hydrogen-bond donors (Lipinski definition) is 0. The predicted octanol–water partition coefficient (Wildman–Crippen LogP) is 4.81. The predicted molar refractivity (Wildman–Crippen MR) is 124 cm³/mol. The van der Waals surface area contributed by atoms with E-state index < -0.39 is 0 Å². The van der Waals surface area contributed by atoms with Gasteiger partial charge in [0.05, 0.1) is 12.5 Å². The van der Waals surface area contributed by atoms with E-state index in [1.54, 1.807) is 11.7 Å². The molecule has 0 spiro atoms. The molecule has 0 amide bonds. The molecule has 1 aliphatic rings. The average molecular weight is 416 g/mol. The van der Waals surface area contributed by atoms with Gasteiger partial charge in [-0.15, -0.1) is 0 Å². The highest BCUT2D eigenvalue weighted by atomic mass is 16.5. The van der Waals surface area contributed by atoms with Crippen molar-refractivity contribution >= 4 is 10.8 Å². The maximum absolute atomic E-state index is 13.5. The number of nitrogens with zero attached hydrogens (tertiary/aromatic N) is 3. The molecule has 1 aromatic heterocycles. The van der Waals surface area contributed by atoms with Crippen LogP contribution in [0.2, 0.25) is 0 Å². The quantitative estimate of drug-likeness (QED) is 0.580. The number of fused-ring (bicyclic) bond motifs is 1. The molecule has 0 aliphatic heterocycles. The lowest BCUT2D eigenvalue weighted by Gasteiger charge is -2.31. The zero-order valence-corrected chi connectivity index (χ0v) is 18.3. The molecule has 1 fully saturated rings. The minimum Gasteiger partial charge on any atom is -0.496 e. The number of nitriles is 1. The van der Waals surface area contributed by atoms with Gasteiger partial charge in [-0.1, -0.05) is 55.7 Å². The van der Waals surface area contributed by atoms with Crippen LogP contribution < -0.4 is 10.3 Å². The van der Waals surface area contributed by atoms with E-state index in [0.29, 0.717) is 34.8 Å². The van der Waals surface area contributed by atoms with Gasteiger partial charge in [0.15, 0.2) is 0 Å². The lowest BCUT2D eigenvalue weighted by atomic mass is 9.94. The smallest absolute Gasteiger partial charge is 0.259 e. The Labute approximate surface area is 183 Å². The highest BCUT2D eigenvalue weighted by Crippen LogP contribution is 2.36. The van der Waals surface area contributed by atoms with Crippen LogP contribution in [0.25, 0.3) is 21.9 Å². The van der Waals surface area contributed by atoms with Gasteiger partial charge in [0, 0.05) is 30.1 Å². The number of aromatic nitrogens is 1. The lowest BCUT2D eigenvalue weighted by molar-refractivity contribution is 0.185. The molecule has 0 unspecified atom stereocenters. The standard InChI is InChI=1S/C26H29N3O2/c1-28(20-12-7-4-8-13-20)16-17-29-22(18-27)24(19-10-5-3-6-11-19)25-21(26(29)30)14-9-15-23(25)31-2/h3,5-6,9-11,14-15,20H,4,7-8,12-13,16-17H2,1-2H3. The summed E-state index contributed by atoms with van der Waals surface area (Å²) in [7, 11) is 3.73. The van der Waals surface area contributed by atoms with Crippen molar-refractivity contribution < 1.29 is 4.74 Å². The monoisotopic (exact) mass is 415 g/mol. The molecule has 4 rings (SSSR count). The van der Waals surface area contributed by atoms with Gasteiger partial charge < -0.3 is 9.64 Å². The van der Waals surface area contributed by atoms with Crippen LogP contribution in [0.5, 0.6) is 5.75 Å². The molecule has 160 valence electrons. The van der Waals surface area contributed by atoms with Crippen LogP contribution in [0.3, 0.4) is 0 Å². The van der Waals surface area contributed by atoms with Crippen molar-refractivity contribution in [1.82, 2.24) is 9.47 Å². The van der Waals surface area contributed by atoms with E-state index in [1.807, 2.05) is 48.5 Å². The summed E-state index contributed by atoms with van der Waals surface area (Å²) in [4.78, 5) is 15.8. The molecule has 1 heterocycles. The number of ether oxygens (including phenoxy) is 1. The summed E-state index contributed by atoms with van der Waals surface area (Å²) >= 11 is 0. The number of pyridine rings is 1. The Morgan fingerprint density at radius 1 is 1.10 bits per heavy atom. The van der Waals surface area contributed by atoms with Gasteiger partial charge in [0.2, 0.25) is 0 Å². The first-order valence-electron chi connectivity index (χ1n) is 11.0. The third-order valence-electron chi connectivity index (χ3n) is 6.52. The van der Waals surface area contributed by atoms with Crippen LogP contribution in [-0.4, -0.2) is 36.2 Å². The van der Waals surface area contributed by atoms with E-state index >= 15 is 0 Å². The molecule has 0 N–H and O–H groups in total. The fourth-order valence-electron chi connectivity index (χ4n) is 4.82. The molecule has 31 heavy (non-hydrogen) atoms. The van der Waals surface area contributed by atoms with Crippen molar-refractivity contribution in [3.05, 3.63) is 64.6 Å². The first-order valence-corrected chi connectivity index (χ1v) is 11.0. The molecule has 5 heteroatoms. The van der Waals surface area contributed by atoms with Crippen LogP contribution in [0.15, 0.2) is 53.3 Å². The number of benzene rings is 2. The third kappa shape index (κ3) is 4.08. The maximum atomic E-state index is 13.5. The SMILES string of the molecule is COc1cccc2c(=O)n(CCN(C)C3CCCCC3)c(C#N)c(-c3ccccc3)c12. The normalized spacial score (nSPS) is 14.6. The van der Waals surface area contributed by atoms with Crippen LogP contribution in [0.1, 0.15) is 37.8 Å². The van der Waals surface area contributed by atoms with E-state index in [-0.39, 0.29) is 5.56 Å². The molecule has 3 aromatic rings. The summed E-state index contributed by atoms with van der Waals surface area (Å²) in [5, 5.41) is 11.4. The summed E-state index contributed by atoms with van der Waals surface area (Å²) < 4.78 is 7.25. The van der Waals surface area contributed by atoms with Crippen LogP contribution in [0.4, 0.5) is 0 Å². The first kappa shape index (κ1) is 21.1. The number of rotatable bonds is 6. The molecule has 0 bridgehead atoms. The zero-order chi connectivity index (χ0) is 21.8. The first-order chi connectivity index (χ1) is 15.2. The largest absolute Gasteiger partial charge is 0.496 e. The van der Waals surface area contributed by atoms with Gasteiger partial charge in [0.1, 0.15) is 17.5 Å². The van der Waals surface area contributed by atoms with Crippen LogP contribution in [0, 0.1) is 11.3 Å². The Kier molecular flexibility index (Phi) is 6.39. The average Bonchev–Trinajstić information content (AvgIpc) is 2.83. The van der Waals surface area contributed by atoms with E-state index in [0.717, 1.165) is 17.7 Å². The van der Waals surface area contributed by atoms with Gasteiger partial charge in [0.25, 0.3) is 5.56 Å². The second-order valence-corrected chi connectivity index (χ2v) is 8.31. The van der Waals surface area contributed by atoms with E-state index in [2.05, 4.69) is 18.0 Å². The number of likely N-dealkylation sites (N-methyl/N-ethyl adjacent to an activating group) is 1. The summed E-state index contributed by atoms with van der Waals surface area (Å²) in [5.74, 6) is 0.608. The molecule has 1 aliphatic carbocycles. The topological polar surface area (TPSA) is 58.3 Å². The van der Waals surface area contributed by atoms with Crippen molar-refractivity contribution in [3.63, 3.8) is 0 Å². The number of methoxy groups -OCH3 is 1. The maximum Gasteiger partial charge on any atom is 0.259 e. The van der Waals surface area contributed by atoms with Gasteiger partial charge in [-0.3, -0.25) is 9.36 Å². The summed E-state index contributed by atoms with van der Waals surface area (Å²) in [5.41, 5.74) is 1.92. The highest BCUT2D eigenvalue weighted by molar-refractivity contribution is 6.02. The summed E-state index contributed by atoms with van der Waals surface area (Å²) in [6.07, 6.45) is 6.27. The second-order valence-electron chi connectivity index (χ2n) is 8.31. The third-order valence-corrected chi connectivity index (χ3v) is 6.52. The summed E-state index contributed by atoms with van der Waals surface area (Å²) in [6.45, 7) is 1.23. The minimum absolute atomic E-state index is 0.137. The minimum atomic E-state index is -0.137. The number of hydrogen-bond acceptors (Lipinski definition) is 4. The Balaban J connectivity index is 1.85. The molecular weight excluding hydrogens is 386 g/mol. The van der Waals surface area contributed by atoms with Crippen molar-refractivity contribution in [2.45, 2.75) is 44.7 Å². The van der Waals surface area contributed by atoms with Crippen molar-refractivity contribution in [2.75, 3.05) is 20.7 Å². The Hall–Kier alpha value is -3.10. The fourth-order valence-corrected chi connectivity index (χ4v) is 4.82. The van der Waals surface area contributed by atoms with Gasteiger partial charge >= 0.3 is 0 Å². The second kappa shape index (κ2) is 9.36. The van der Waals surface area contributed by atoms with Crippen molar-refractivity contribution in [1.29, 1.82) is 5.26 Å². The Bertz CT molecular complexity index is 1160. The van der Waals surface area contributed by atoms with Gasteiger partial charge in [-0.2, -0.15) is 5.26 Å². The molecule has 5 nitrogen and oxygen atoms in total. The van der Waals surface area contributed by atoms with E-state index in [1.165, 1.54) is 32.1 Å². The van der Waals surface area contributed by atoms with E-state index in [4.69, 9.17) is 4.74 Å². The van der Waals surface area contributed by atoms with E-state index in [9.17, 15) is 10.1 Å². The van der Waals surface area contributed by atoms with Crippen LogP contribution in [-0.2, 0) is 6.54 Å². The molecule has 0 saturated heterocycles. The fraction of sp³-hybridized carbons (Fsp3) is 0.385. The molecule has 0 atom stereocenters. The lowest BCUT2D eigenvalue weighted by Crippen LogP contribution is -2.37. The molecule has 2 aromatic carbocycles. The van der Waals surface area contributed by atoms with Crippen molar-refractivity contribution in [2.24, 2.45) is 0 Å². The zero-order valence-electron chi connectivity index (χ0n) is 18.3. The van der Waals surface area contributed by atoms with Crippen LogP contribution >= 0.6 is 0 Å². The summed E-state index contributed by atoms with van der Waals surface area (Å²) in [6, 6.07) is 18.2. The Morgan fingerprint density at radius 2 is 1.84 bits per heavy atom. The Morgan fingerprint density at radius 3 is 2.52 bits per heavy atom. The highest BCUT2D eigenvalue weighted by Gasteiger charge is 2.22. The van der Waals surface area contributed by atoms with Crippen molar-refractivity contribution in [3.8, 4) is 22.9 Å². The molecule has 1 saturated carbocycles.